The molecule has 0 atom stereocenters. The van der Waals surface area contributed by atoms with Crippen molar-refractivity contribution in [3.05, 3.63) is 35.9 Å². The number of hydrogen-bond acceptors (Lipinski definition) is 4. The van der Waals surface area contributed by atoms with Crippen molar-refractivity contribution in [1.29, 1.82) is 0 Å². The topological polar surface area (TPSA) is 99.9 Å². The number of unbranched alkanes of at least 4 members (excludes halogenated alkanes) is 3. The smallest absolute Gasteiger partial charge is 0.370 e. The van der Waals surface area contributed by atoms with Crippen LogP contribution in [-0.4, -0.2) is 25.1 Å². The Balaban J connectivity index is 1.97. The van der Waals surface area contributed by atoms with Gasteiger partial charge in [0.1, 0.15) is 0 Å². The molecule has 0 bridgehead atoms. The van der Waals surface area contributed by atoms with Crippen molar-refractivity contribution in [2.24, 2.45) is 16.5 Å². The minimum absolute atomic E-state index is 0.126. The lowest BCUT2D eigenvalue weighted by atomic mass is 10.2. The van der Waals surface area contributed by atoms with E-state index in [2.05, 4.69) is 4.99 Å². The highest BCUT2D eigenvalue weighted by atomic mass is 17.2. The Morgan fingerprint density at radius 2 is 1.75 bits per heavy atom. The van der Waals surface area contributed by atoms with Crippen LogP contribution >= 0.6 is 0 Å². The molecule has 0 aliphatic rings. The summed E-state index contributed by atoms with van der Waals surface area (Å²) in [6.45, 7) is 1.03. The molecule has 0 fully saturated rings. The zero-order chi connectivity index (χ0) is 14.6. The number of aliphatic imine (C=N–C) groups is 1. The van der Waals surface area contributed by atoms with Gasteiger partial charge in [0.25, 0.3) is 0 Å². The number of benzene rings is 1. The van der Waals surface area contributed by atoms with Gasteiger partial charge in [-0.05, 0) is 25.0 Å². The van der Waals surface area contributed by atoms with Gasteiger partial charge in [0.2, 0.25) is 0 Å². The van der Waals surface area contributed by atoms with E-state index >= 15 is 0 Å². The summed E-state index contributed by atoms with van der Waals surface area (Å²) in [5, 5.41) is 0. The average molecular weight is 279 g/mol. The van der Waals surface area contributed by atoms with Crippen molar-refractivity contribution in [3.8, 4) is 0 Å². The standard InChI is InChI=1S/C14H21N3O3/c15-14(16)17-10-6-1-2-7-11-19-20-13(18)12-8-4-3-5-9-12/h3-5,8-9H,1-2,6-7,10-11H2,(H4,15,16,17). The van der Waals surface area contributed by atoms with Crippen LogP contribution in [0.25, 0.3) is 0 Å². The molecule has 0 heterocycles. The Morgan fingerprint density at radius 1 is 1.05 bits per heavy atom. The number of nitrogens with zero attached hydrogens (tertiary/aromatic N) is 1. The SMILES string of the molecule is NC(N)=NCCCCCCOOC(=O)c1ccccc1. The van der Waals surface area contributed by atoms with E-state index in [1.54, 1.807) is 24.3 Å². The van der Waals surface area contributed by atoms with Gasteiger partial charge in [0.15, 0.2) is 5.96 Å². The van der Waals surface area contributed by atoms with Crippen molar-refractivity contribution in [3.63, 3.8) is 0 Å². The molecule has 0 saturated carbocycles. The minimum Gasteiger partial charge on any atom is -0.370 e. The van der Waals surface area contributed by atoms with Crippen LogP contribution < -0.4 is 11.5 Å². The van der Waals surface area contributed by atoms with Crippen LogP contribution in [0, 0.1) is 0 Å². The minimum atomic E-state index is -0.474. The molecule has 0 unspecified atom stereocenters. The highest BCUT2D eigenvalue weighted by Crippen LogP contribution is 2.03. The van der Waals surface area contributed by atoms with Gasteiger partial charge in [-0.15, -0.1) is 0 Å². The summed E-state index contributed by atoms with van der Waals surface area (Å²) >= 11 is 0. The van der Waals surface area contributed by atoms with Crippen LogP contribution in [0.5, 0.6) is 0 Å². The third-order valence-corrected chi connectivity index (χ3v) is 2.57. The van der Waals surface area contributed by atoms with Gasteiger partial charge in [-0.25, -0.2) is 4.79 Å². The van der Waals surface area contributed by atoms with Crippen LogP contribution in [-0.2, 0) is 9.78 Å². The first-order valence-electron chi connectivity index (χ1n) is 6.64. The number of carbonyl (C=O) groups is 1. The van der Waals surface area contributed by atoms with Crippen molar-refractivity contribution >= 4 is 11.9 Å². The Bertz CT molecular complexity index is 417. The van der Waals surface area contributed by atoms with Crippen LogP contribution in [0.4, 0.5) is 0 Å². The van der Waals surface area contributed by atoms with Gasteiger partial charge < -0.3 is 11.5 Å². The van der Waals surface area contributed by atoms with E-state index in [9.17, 15) is 4.79 Å². The molecule has 1 aromatic carbocycles. The molecule has 4 N–H and O–H groups in total. The molecular formula is C14H21N3O3. The highest BCUT2D eigenvalue weighted by molar-refractivity contribution is 5.88. The van der Waals surface area contributed by atoms with Crippen molar-refractivity contribution < 1.29 is 14.6 Å². The molecule has 1 rings (SSSR count). The Morgan fingerprint density at radius 3 is 2.45 bits per heavy atom. The van der Waals surface area contributed by atoms with E-state index in [1.165, 1.54) is 0 Å². The second kappa shape index (κ2) is 9.80. The zero-order valence-corrected chi connectivity index (χ0v) is 11.5. The summed E-state index contributed by atoms with van der Waals surface area (Å²) in [4.78, 5) is 25.0. The van der Waals surface area contributed by atoms with Crippen LogP contribution in [0.15, 0.2) is 35.3 Å². The number of nitrogens with two attached hydrogens (primary N) is 2. The van der Waals surface area contributed by atoms with Gasteiger partial charge in [0, 0.05) is 6.54 Å². The molecule has 6 nitrogen and oxygen atoms in total. The predicted molar refractivity (Wildman–Crippen MR) is 77.0 cm³/mol. The summed E-state index contributed by atoms with van der Waals surface area (Å²) < 4.78 is 0. The number of rotatable bonds is 9. The second-order valence-corrected chi connectivity index (χ2v) is 4.28. The fourth-order valence-electron chi connectivity index (χ4n) is 1.55. The maximum Gasteiger partial charge on any atom is 0.373 e. The van der Waals surface area contributed by atoms with Gasteiger partial charge in [-0.2, -0.15) is 4.89 Å². The average Bonchev–Trinajstić information content (AvgIpc) is 2.46. The molecule has 6 heteroatoms. The van der Waals surface area contributed by atoms with Crippen molar-refractivity contribution in [1.82, 2.24) is 0 Å². The lowest BCUT2D eigenvalue weighted by molar-refractivity contribution is -0.241. The maximum absolute atomic E-state index is 11.5. The fourth-order valence-corrected chi connectivity index (χ4v) is 1.55. The van der Waals surface area contributed by atoms with Gasteiger partial charge in [-0.3, -0.25) is 9.88 Å². The van der Waals surface area contributed by atoms with E-state index in [0.29, 0.717) is 18.7 Å². The van der Waals surface area contributed by atoms with E-state index in [1.807, 2.05) is 6.07 Å². The van der Waals surface area contributed by atoms with E-state index in [0.717, 1.165) is 25.7 Å². The molecule has 110 valence electrons. The predicted octanol–water partition coefficient (Wildman–Crippen LogP) is 1.61. The van der Waals surface area contributed by atoms with Crippen LogP contribution in [0.3, 0.4) is 0 Å². The number of hydrogen-bond donors (Lipinski definition) is 2. The van der Waals surface area contributed by atoms with Crippen LogP contribution in [0.2, 0.25) is 0 Å². The van der Waals surface area contributed by atoms with Gasteiger partial charge in [-0.1, -0.05) is 31.0 Å². The Labute approximate surface area is 118 Å². The number of carbonyl (C=O) groups excluding carboxylic acids is 1. The lowest BCUT2D eigenvalue weighted by Gasteiger charge is -2.03. The van der Waals surface area contributed by atoms with E-state index in [-0.39, 0.29) is 5.96 Å². The molecule has 0 aliphatic carbocycles. The molecule has 0 spiro atoms. The van der Waals surface area contributed by atoms with E-state index in [4.69, 9.17) is 21.2 Å². The molecule has 0 amide bonds. The molecule has 0 saturated heterocycles. The Kier molecular flexibility index (Phi) is 7.83. The number of guanidine groups is 1. The van der Waals surface area contributed by atoms with E-state index < -0.39 is 5.97 Å². The fraction of sp³-hybridized carbons (Fsp3) is 0.429. The molecular weight excluding hydrogens is 258 g/mol. The lowest BCUT2D eigenvalue weighted by Crippen LogP contribution is -2.22. The quantitative estimate of drug-likeness (QED) is 0.235. The molecule has 0 radical (unpaired) electrons. The summed E-state index contributed by atoms with van der Waals surface area (Å²) in [7, 11) is 0. The molecule has 0 aliphatic heterocycles. The Hall–Kier alpha value is -2.08. The third kappa shape index (κ3) is 7.38. The summed E-state index contributed by atoms with van der Waals surface area (Å²) in [6.07, 6.45) is 3.74. The molecule has 20 heavy (non-hydrogen) atoms. The zero-order valence-electron chi connectivity index (χ0n) is 11.5. The van der Waals surface area contributed by atoms with Crippen LogP contribution in [0.1, 0.15) is 36.0 Å². The largest absolute Gasteiger partial charge is 0.373 e. The van der Waals surface area contributed by atoms with Crippen molar-refractivity contribution in [2.75, 3.05) is 13.2 Å². The van der Waals surface area contributed by atoms with Gasteiger partial charge in [0.05, 0.1) is 12.2 Å². The summed E-state index contributed by atoms with van der Waals surface area (Å²) in [5.74, 6) is -0.348. The maximum atomic E-state index is 11.5. The first-order valence-corrected chi connectivity index (χ1v) is 6.64. The monoisotopic (exact) mass is 279 g/mol. The first kappa shape index (κ1) is 16.0. The first-order chi connectivity index (χ1) is 9.70. The molecule has 0 aromatic heterocycles. The van der Waals surface area contributed by atoms with Gasteiger partial charge >= 0.3 is 5.97 Å². The summed E-state index contributed by atoms with van der Waals surface area (Å²) in [5.41, 5.74) is 10.9. The van der Waals surface area contributed by atoms with Crippen molar-refractivity contribution in [2.45, 2.75) is 25.7 Å². The normalized spacial score (nSPS) is 10.0. The summed E-state index contributed by atoms with van der Waals surface area (Å²) in [6, 6.07) is 8.73. The highest BCUT2D eigenvalue weighted by Gasteiger charge is 2.06. The second-order valence-electron chi connectivity index (χ2n) is 4.28. The molecule has 1 aromatic rings. The third-order valence-electron chi connectivity index (χ3n) is 2.57.